The van der Waals surface area contributed by atoms with Gasteiger partial charge in [-0.2, -0.15) is 0 Å². The van der Waals surface area contributed by atoms with E-state index in [4.69, 9.17) is 0 Å². The van der Waals surface area contributed by atoms with Gasteiger partial charge in [0.1, 0.15) is 0 Å². The first kappa shape index (κ1) is 16.5. The summed E-state index contributed by atoms with van der Waals surface area (Å²) in [7, 11) is 2.16. The second-order valence-corrected chi connectivity index (χ2v) is 8.73. The molecule has 118 valence electrons. The van der Waals surface area contributed by atoms with Crippen LogP contribution in [0.1, 0.15) is 48.2 Å². The maximum Gasteiger partial charge on any atom is 0.261 e. The van der Waals surface area contributed by atoms with Crippen LogP contribution in [0.15, 0.2) is 12.1 Å². The molecular formula is C17H28N2OS. The Hall–Kier alpha value is -0.870. The Bertz CT molecular complexity index is 487. The number of nitrogens with one attached hydrogen (secondary N) is 1. The fraction of sp³-hybridized carbons (Fsp3) is 0.706. The van der Waals surface area contributed by atoms with Crippen LogP contribution in [0.25, 0.3) is 0 Å². The third kappa shape index (κ3) is 4.82. The minimum absolute atomic E-state index is 0.0544. The molecule has 1 unspecified atom stereocenters. The first-order chi connectivity index (χ1) is 9.75. The highest BCUT2D eigenvalue weighted by molar-refractivity contribution is 7.13. The van der Waals surface area contributed by atoms with Gasteiger partial charge in [0.15, 0.2) is 0 Å². The number of aryl methyl sites for hydroxylation is 1. The lowest BCUT2D eigenvalue weighted by Crippen LogP contribution is -2.44. The third-order valence-electron chi connectivity index (χ3n) is 4.18. The Morgan fingerprint density at radius 1 is 1.48 bits per heavy atom. The second kappa shape index (κ2) is 6.49. The van der Waals surface area contributed by atoms with Gasteiger partial charge in [-0.15, -0.1) is 11.3 Å². The van der Waals surface area contributed by atoms with Crippen molar-refractivity contribution in [1.29, 1.82) is 0 Å². The molecule has 0 aromatic carbocycles. The summed E-state index contributed by atoms with van der Waals surface area (Å²) in [6.07, 6.45) is 2.65. The SMILES string of the molecule is Cc1ccc(C(=O)NC(C)CN(C)CC2CC(C)(C)C2)s1. The fourth-order valence-corrected chi connectivity index (χ4v) is 4.28. The minimum Gasteiger partial charge on any atom is -0.348 e. The topological polar surface area (TPSA) is 32.3 Å². The second-order valence-electron chi connectivity index (χ2n) is 7.44. The molecule has 1 aromatic rings. The zero-order valence-electron chi connectivity index (χ0n) is 13.9. The average Bonchev–Trinajstić information content (AvgIpc) is 2.73. The van der Waals surface area contributed by atoms with Crippen LogP contribution in [0.5, 0.6) is 0 Å². The zero-order valence-corrected chi connectivity index (χ0v) is 14.7. The van der Waals surface area contributed by atoms with E-state index in [0.717, 1.165) is 23.9 Å². The molecule has 4 heteroatoms. The summed E-state index contributed by atoms with van der Waals surface area (Å²) in [5.41, 5.74) is 0.544. The highest BCUT2D eigenvalue weighted by Gasteiger charge is 2.36. The predicted octanol–water partition coefficient (Wildman–Crippen LogP) is 3.54. The standard InChI is InChI=1S/C17H28N2OS/c1-12(18-16(20)15-7-6-13(2)21-15)10-19(5)11-14-8-17(3,4)9-14/h6-7,12,14H,8-11H2,1-5H3,(H,18,20). The van der Waals surface area contributed by atoms with Gasteiger partial charge in [-0.25, -0.2) is 0 Å². The summed E-state index contributed by atoms with van der Waals surface area (Å²) in [6, 6.07) is 4.08. The van der Waals surface area contributed by atoms with Crippen LogP contribution in [0.3, 0.4) is 0 Å². The van der Waals surface area contributed by atoms with Gasteiger partial charge in [0.2, 0.25) is 0 Å². The number of likely N-dealkylation sites (N-methyl/N-ethyl adjacent to an activating group) is 1. The van der Waals surface area contributed by atoms with E-state index >= 15 is 0 Å². The number of amides is 1. The van der Waals surface area contributed by atoms with Crippen molar-refractivity contribution in [2.75, 3.05) is 20.1 Å². The molecule has 0 radical (unpaired) electrons. The molecule has 1 amide bonds. The molecule has 1 fully saturated rings. The highest BCUT2D eigenvalue weighted by atomic mass is 32.1. The van der Waals surface area contributed by atoms with Crippen LogP contribution in [0.2, 0.25) is 0 Å². The lowest BCUT2D eigenvalue weighted by molar-refractivity contribution is 0.0656. The Morgan fingerprint density at radius 3 is 2.67 bits per heavy atom. The van der Waals surface area contributed by atoms with Crippen LogP contribution in [-0.4, -0.2) is 37.0 Å². The molecule has 1 aromatic heterocycles. The molecule has 2 rings (SSSR count). The molecule has 1 aliphatic rings. The van der Waals surface area contributed by atoms with Crippen molar-refractivity contribution < 1.29 is 4.79 Å². The van der Waals surface area contributed by atoms with Gasteiger partial charge in [0.05, 0.1) is 4.88 Å². The quantitative estimate of drug-likeness (QED) is 0.872. The molecule has 0 bridgehead atoms. The van der Waals surface area contributed by atoms with Crippen molar-refractivity contribution in [3.8, 4) is 0 Å². The third-order valence-corrected chi connectivity index (χ3v) is 5.18. The molecule has 1 heterocycles. The number of thiophene rings is 1. The summed E-state index contributed by atoms with van der Waals surface area (Å²) in [5.74, 6) is 0.881. The average molecular weight is 308 g/mol. The summed E-state index contributed by atoms with van der Waals surface area (Å²) in [6.45, 7) is 10.8. The number of carbonyl (C=O) groups excluding carboxylic acids is 1. The van der Waals surface area contributed by atoms with Crippen LogP contribution >= 0.6 is 11.3 Å². The maximum absolute atomic E-state index is 12.1. The van der Waals surface area contributed by atoms with Crippen molar-refractivity contribution in [2.24, 2.45) is 11.3 Å². The minimum atomic E-state index is 0.0544. The zero-order chi connectivity index (χ0) is 15.6. The van der Waals surface area contributed by atoms with Crippen LogP contribution in [0.4, 0.5) is 0 Å². The van der Waals surface area contributed by atoms with Crippen LogP contribution in [-0.2, 0) is 0 Å². The van der Waals surface area contributed by atoms with Gasteiger partial charge < -0.3 is 10.2 Å². The number of carbonyl (C=O) groups is 1. The fourth-order valence-electron chi connectivity index (χ4n) is 3.51. The largest absolute Gasteiger partial charge is 0.348 e. The van der Waals surface area contributed by atoms with Gasteiger partial charge >= 0.3 is 0 Å². The van der Waals surface area contributed by atoms with Gasteiger partial charge in [-0.05, 0) is 57.2 Å². The first-order valence-electron chi connectivity index (χ1n) is 7.81. The number of hydrogen-bond donors (Lipinski definition) is 1. The van der Waals surface area contributed by atoms with E-state index in [2.05, 4.69) is 38.0 Å². The Labute approximate surface area is 132 Å². The monoisotopic (exact) mass is 308 g/mol. The van der Waals surface area contributed by atoms with E-state index in [-0.39, 0.29) is 11.9 Å². The molecule has 0 spiro atoms. The maximum atomic E-state index is 12.1. The molecule has 0 aliphatic heterocycles. The van der Waals surface area contributed by atoms with Gasteiger partial charge in [-0.3, -0.25) is 4.79 Å². The Morgan fingerprint density at radius 2 is 2.14 bits per heavy atom. The van der Waals surface area contributed by atoms with Gasteiger partial charge in [0.25, 0.3) is 5.91 Å². The smallest absolute Gasteiger partial charge is 0.261 e. The van der Waals surface area contributed by atoms with Crippen molar-refractivity contribution in [3.63, 3.8) is 0 Å². The normalized spacial score (nSPS) is 19.3. The van der Waals surface area contributed by atoms with Crippen molar-refractivity contribution in [1.82, 2.24) is 10.2 Å². The van der Waals surface area contributed by atoms with E-state index in [1.54, 1.807) is 11.3 Å². The molecular weight excluding hydrogens is 280 g/mol. The number of nitrogens with zero attached hydrogens (tertiary/aromatic N) is 1. The van der Waals surface area contributed by atoms with Gasteiger partial charge in [0, 0.05) is 24.0 Å². The number of hydrogen-bond acceptors (Lipinski definition) is 3. The van der Waals surface area contributed by atoms with E-state index in [0.29, 0.717) is 5.41 Å². The van der Waals surface area contributed by atoms with E-state index < -0.39 is 0 Å². The molecule has 1 aliphatic carbocycles. The summed E-state index contributed by atoms with van der Waals surface area (Å²) >= 11 is 1.55. The molecule has 1 N–H and O–H groups in total. The van der Waals surface area contributed by atoms with Crippen molar-refractivity contribution >= 4 is 17.2 Å². The van der Waals surface area contributed by atoms with E-state index in [9.17, 15) is 4.79 Å². The van der Waals surface area contributed by atoms with Gasteiger partial charge in [-0.1, -0.05) is 13.8 Å². The van der Waals surface area contributed by atoms with Crippen LogP contribution < -0.4 is 5.32 Å². The summed E-state index contributed by atoms with van der Waals surface area (Å²) in [5, 5.41) is 3.10. The predicted molar refractivity (Wildman–Crippen MR) is 90.0 cm³/mol. The molecule has 3 nitrogen and oxygen atoms in total. The van der Waals surface area contributed by atoms with Crippen LogP contribution in [0, 0.1) is 18.3 Å². The summed E-state index contributed by atoms with van der Waals surface area (Å²) < 4.78 is 0. The molecule has 1 atom stereocenters. The lowest BCUT2D eigenvalue weighted by atomic mass is 9.64. The van der Waals surface area contributed by atoms with E-state index in [1.807, 2.05) is 19.1 Å². The summed E-state index contributed by atoms with van der Waals surface area (Å²) in [4.78, 5) is 16.4. The lowest BCUT2D eigenvalue weighted by Gasteiger charge is -2.44. The van der Waals surface area contributed by atoms with E-state index in [1.165, 1.54) is 17.7 Å². The molecule has 0 saturated heterocycles. The Kier molecular flexibility index (Phi) is 5.10. The first-order valence-corrected chi connectivity index (χ1v) is 8.63. The van der Waals surface area contributed by atoms with Crippen molar-refractivity contribution in [2.45, 2.75) is 46.6 Å². The number of rotatable bonds is 6. The highest BCUT2D eigenvalue weighted by Crippen LogP contribution is 2.44. The molecule has 1 saturated carbocycles. The molecule has 21 heavy (non-hydrogen) atoms. The Balaban J connectivity index is 1.71. The van der Waals surface area contributed by atoms with Crippen molar-refractivity contribution in [3.05, 3.63) is 21.9 Å².